The highest BCUT2D eigenvalue weighted by atomic mass is 32.2. The zero-order valence-corrected chi connectivity index (χ0v) is 16.5. The Morgan fingerprint density at radius 2 is 1.93 bits per heavy atom. The molecule has 8 nitrogen and oxygen atoms in total. The molecule has 0 spiro atoms. The molecule has 2 aromatic rings. The molecule has 144 valence electrons. The van der Waals surface area contributed by atoms with Crippen molar-refractivity contribution >= 4 is 38.2 Å². The zero-order valence-electron chi connectivity index (χ0n) is 14.9. The number of phenols is 1. The van der Waals surface area contributed by atoms with E-state index in [0.29, 0.717) is 23.7 Å². The lowest BCUT2D eigenvalue weighted by molar-refractivity contribution is 0.101. The lowest BCUT2D eigenvalue weighted by Gasteiger charge is -2.16. The lowest BCUT2D eigenvalue weighted by Crippen LogP contribution is -2.28. The Morgan fingerprint density at radius 3 is 2.52 bits per heavy atom. The van der Waals surface area contributed by atoms with E-state index in [4.69, 9.17) is 0 Å². The summed E-state index contributed by atoms with van der Waals surface area (Å²) in [5, 5.41) is 12.7. The highest BCUT2D eigenvalue weighted by Crippen LogP contribution is 2.28. The van der Waals surface area contributed by atoms with E-state index < -0.39 is 15.9 Å². The zero-order chi connectivity index (χ0) is 19.8. The molecule has 0 unspecified atom stereocenters. The molecule has 0 aliphatic carbocycles. The number of aryl methyl sites for hydroxylation is 1. The van der Waals surface area contributed by atoms with Crippen LogP contribution in [-0.2, 0) is 10.0 Å². The Kier molecular flexibility index (Phi) is 5.31. The molecule has 1 fully saturated rings. The molecule has 0 saturated carbocycles. The summed E-state index contributed by atoms with van der Waals surface area (Å²) >= 11 is 1.03. The fraction of sp³-hybridized carbons (Fsp3) is 0.353. The standard InChI is InChI=1S/C17H19N3O5S2/c1-10-15(11(2)21)26-17(18-10)19-16(23)13-9-12(5-6-14(13)22)27(24,25)20-7-3-4-8-20/h5-6,9,22H,3-4,7-8H2,1-2H3,(H,18,19,23). The first-order chi connectivity index (χ1) is 12.7. The number of nitrogens with zero attached hydrogens (tertiary/aromatic N) is 2. The predicted molar refractivity (Wildman–Crippen MR) is 101 cm³/mol. The van der Waals surface area contributed by atoms with Crippen LogP contribution in [0.15, 0.2) is 23.1 Å². The Balaban J connectivity index is 1.89. The summed E-state index contributed by atoms with van der Waals surface area (Å²) in [7, 11) is -3.71. The van der Waals surface area contributed by atoms with Gasteiger partial charge in [0.15, 0.2) is 10.9 Å². The second-order valence-corrected chi connectivity index (χ2v) is 9.17. The third kappa shape index (κ3) is 3.87. The van der Waals surface area contributed by atoms with Gasteiger partial charge >= 0.3 is 0 Å². The number of rotatable bonds is 5. The summed E-state index contributed by atoms with van der Waals surface area (Å²) < 4.78 is 26.7. The number of nitrogens with one attached hydrogen (secondary N) is 1. The van der Waals surface area contributed by atoms with Crippen LogP contribution in [0.5, 0.6) is 5.75 Å². The van der Waals surface area contributed by atoms with Crippen molar-refractivity contribution in [2.45, 2.75) is 31.6 Å². The van der Waals surface area contributed by atoms with Crippen LogP contribution in [0.1, 0.15) is 45.5 Å². The van der Waals surface area contributed by atoms with Crippen molar-refractivity contribution in [3.8, 4) is 5.75 Å². The van der Waals surface area contributed by atoms with Crippen LogP contribution in [0.2, 0.25) is 0 Å². The molecule has 0 atom stereocenters. The minimum atomic E-state index is -3.71. The van der Waals surface area contributed by atoms with E-state index >= 15 is 0 Å². The third-order valence-corrected chi connectivity index (χ3v) is 7.32. The van der Waals surface area contributed by atoms with Gasteiger partial charge in [-0.25, -0.2) is 13.4 Å². The van der Waals surface area contributed by atoms with Gasteiger partial charge in [0.2, 0.25) is 10.0 Å². The summed E-state index contributed by atoms with van der Waals surface area (Å²) in [6.07, 6.45) is 1.60. The van der Waals surface area contributed by atoms with Gasteiger partial charge in [0.1, 0.15) is 5.75 Å². The summed E-state index contributed by atoms with van der Waals surface area (Å²) in [6.45, 7) is 3.95. The van der Waals surface area contributed by atoms with E-state index in [1.54, 1.807) is 6.92 Å². The SMILES string of the molecule is CC(=O)c1sc(NC(=O)c2cc(S(=O)(=O)N3CCCC3)ccc2O)nc1C. The number of sulfonamides is 1. The molecule has 10 heteroatoms. The lowest BCUT2D eigenvalue weighted by atomic mass is 10.2. The minimum absolute atomic E-state index is 0.0490. The third-order valence-electron chi connectivity index (χ3n) is 4.25. The van der Waals surface area contributed by atoms with Crippen LogP contribution >= 0.6 is 11.3 Å². The maximum atomic E-state index is 12.7. The molecule has 3 rings (SSSR count). The van der Waals surface area contributed by atoms with Crippen LogP contribution in [0.3, 0.4) is 0 Å². The second-order valence-electron chi connectivity index (χ2n) is 6.23. The fourth-order valence-corrected chi connectivity index (χ4v) is 5.28. The monoisotopic (exact) mass is 409 g/mol. The van der Waals surface area contributed by atoms with Gasteiger partial charge in [0, 0.05) is 20.0 Å². The molecular weight excluding hydrogens is 390 g/mol. The number of phenolic OH excluding ortho intramolecular Hbond substituents is 1. The van der Waals surface area contributed by atoms with E-state index in [1.807, 2.05) is 0 Å². The van der Waals surface area contributed by atoms with Crippen molar-refractivity contribution in [1.29, 1.82) is 0 Å². The van der Waals surface area contributed by atoms with Gasteiger partial charge in [-0.3, -0.25) is 14.9 Å². The Morgan fingerprint density at radius 1 is 1.26 bits per heavy atom. The number of anilines is 1. The molecule has 1 aliphatic heterocycles. The molecule has 0 bridgehead atoms. The molecule has 1 aliphatic rings. The maximum Gasteiger partial charge on any atom is 0.261 e. The largest absolute Gasteiger partial charge is 0.507 e. The van der Waals surface area contributed by atoms with E-state index in [2.05, 4.69) is 10.3 Å². The Labute approximate surface area is 160 Å². The topological polar surface area (TPSA) is 117 Å². The number of ketones is 1. The van der Waals surface area contributed by atoms with Crippen LogP contribution in [0.4, 0.5) is 5.13 Å². The number of hydrogen-bond acceptors (Lipinski definition) is 7. The number of benzene rings is 1. The summed E-state index contributed by atoms with van der Waals surface area (Å²) in [6, 6.07) is 3.62. The molecule has 1 aromatic carbocycles. The maximum absolute atomic E-state index is 12.7. The van der Waals surface area contributed by atoms with Crippen molar-refractivity contribution in [2.24, 2.45) is 0 Å². The first-order valence-corrected chi connectivity index (χ1v) is 10.6. The number of thiazole rings is 1. The van der Waals surface area contributed by atoms with E-state index in [1.165, 1.54) is 23.4 Å². The van der Waals surface area contributed by atoms with E-state index in [0.717, 1.165) is 30.2 Å². The number of carbonyl (C=O) groups is 2. The van der Waals surface area contributed by atoms with Gasteiger partial charge < -0.3 is 5.11 Å². The van der Waals surface area contributed by atoms with Crippen molar-refractivity contribution in [3.05, 3.63) is 34.3 Å². The van der Waals surface area contributed by atoms with Crippen LogP contribution < -0.4 is 5.32 Å². The highest BCUT2D eigenvalue weighted by Gasteiger charge is 2.28. The average molecular weight is 409 g/mol. The predicted octanol–water partition coefficient (Wildman–Crippen LogP) is 2.40. The number of carbonyl (C=O) groups excluding carboxylic acids is 2. The van der Waals surface area contributed by atoms with Gasteiger partial charge in [-0.05, 0) is 38.0 Å². The summed E-state index contributed by atoms with van der Waals surface area (Å²) in [5.41, 5.74) is 0.324. The van der Waals surface area contributed by atoms with Gasteiger partial charge in [0.25, 0.3) is 5.91 Å². The fourth-order valence-electron chi connectivity index (χ4n) is 2.88. The Hall–Kier alpha value is -2.30. The van der Waals surface area contributed by atoms with Gasteiger partial charge in [-0.2, -0.15) is 4.31 Å². The smallest absolute Gasteiger partial charge is 0.261 e. The molecule has 1 saturated heterocycles. The Bertz CT molecular complexity index is 1010. The van der Waals surface area contributed by atoms with Crippen molar-refractivity contribution in [2.75, 3.05) is 18.4 Å². The highest BCUT2D eigenvalue weighted by molar-refractivity contribution is 7.89. The quantitative estimate of drug-likeness (QED) is 0.733. The van der Waals surface area contributed by atoms with Gasteiger partial charge in [-0.15, -0.1) is 0 Å². The van der Waals surface area contributed by atoms with Gasteiger partial charge in [0.05, 0.1) is 21.0 Å². The first-order valence-electron chi connectivity index (χ1n) is 8.33. The van der Waals surface area contributed by atoms with Crippen LogP contribution in [0, 0.1) is 6.92 Å². The number of amides is 1. The molecule has 2 heterocycles. The number of hydrogen-bond donors (Lipinski definition) is 2. The second kappa shape index (κ2) is 7.37. The minimum Gasteiger partial charge on any atom is -0.507 e. The van der Waals surface area contributed by atoms with Gasteiger partial charge in [-0.1, -0.05) is 11.3 Å². The molecular formula is C17H19N3O5S2. The molecule has 2 N–H and O–H groups in total. The average Bonchev–Trinajstić information content (AvgIpc) is 3.25. The summed E-state index contributed by atoms with van der Waals surface area (Å²) in [5.74, 6) is -1.20. The normalized spacial score (nSPS) is 15.0. The molecule has 1 aromatic heterocycles. The number of aromatic hydroxyl groups is 1. The number of Topliss-reactive ketones (excluding diaryl/α,β-unsaturated/α-hetero) is 1. The molecule has 27 heavy (non-hydrogen) atoms. The first kappa shape index (κ1) is 19.5. The van der Waals surface area contributed by atoms with Crippen LogP contribution in [-0.4, -0.2) is 47.6 Å². The summed E-state index contributed by atoms with van der Waals surface area (Å²) in [4.78, 5) is 28.5. The van der Waals surface area contributed by atoms with E-state index in [9.17, 15) is 23.1 Å². The van der Waals surface area contributed by atoms with E-state index in [-0.39, 0.29) is 27.1 Å². The molecule has 0 radical (unpaired) electrons. The van der Waals surface area contributed by atoms with Crippen molar-refractivity contribution in [1.82, 2.24) is 9.29 Å². The molecule has 1 amide bonds. The van der Waals surface area contributed by atoms with Crippen molar-refractivity contribution < 1.29 is 23.1 Å². The number of aromatic nitrogens is 1. The van der Waals surface area contributed by atoms with Crippen molar-refractivity contribution in [3.63, 3.8) is 0 Å². The van der Waals surface area contributed by atoms with Crippen LogP contribution in [0.25, 0.3) is 0 Å².